The van der Waals surface area contributed by atoms with Crippen molar-refractivity contribution in [2.45, 2.75) is 25.1 Å². The van der Waals surface area contributed by atoms with E-state index in [-0.39, 0.29) is 0 Å². The number of carboxylic acid groups (broad SMARTS) is 1. The average molecular weight is 432 g/mol. The third-order valence-corrected chi connectivity index (χ3v) is 5.46. The fourth-order valence-corrected chi connectivity index (χ4v) is 3.89. The Morgan fingerprint density at radius 2 is 1.80 bits per heavy atom. The van der Waals surface area contributed by atoms with Gasteiger partial charge in [-0.1, -0.05) is 0 Å². The molecule has 2 aliphatic heterocycles. The lowest BCUT2D eigenvalue weighted by atomic mass is 10.0. The van der Waals surface area contributed by atoms with E-state index in [2.05, 4.69) is 9.64 Å². The van der Waals surface area contributed by atoms with E-state index in [1.54, 1.807) is 0 Å². The Bertz CT molecular complexity index is 776. The van der Waals surface area contributed by atoms with Crippen LogP contribution in [0.4, 0.5) is 29.3 Å². The molecule has 0 unspecified atom stereocenters. The quantitative estimate of drug-likeness (QED) is 0.564. The van der Waals surface area contributed by atoms with Gasteiger partial charge in [-0.25, -0.2) is 4.79 Å². The van der Waals surface area contributed by atoms with Gasteiger partial charge in [-0.05, 0) is 18.9 Å². The highest BCUT2D eigenvalue weighted by atomic mass is 19.4. The van der Waals surface area contributed by atoms with Crippen LogP contribution in [-0.2, 0) is 0 Å². The molecular weight excluding hydrogens is 409 g/mol. The van der Waals surface area contributed by atoms with E-state index in [0.717, 1.165) is 18.9 Å². The molecule has 1 aromatic carbocycles. The molecule has 12 heteroatoms. The lowest BCUT2D eigenvalue weighted by Gasteiger charge is -2.42. The van der Waals surface area contributed by atoms with Gasteiger partial charge in [0, 0.05) is 63.1 Å². The molecule has 166 valence electrons. The standard InChI is InChI=1S/C18H23F3N4O5/c19-18(20,21)12-30-16-11-14(1-2-15(16)25(28)29)22-5-3-13(4-6-22)23-7-9-24(10-8-23)17(26)27/h1-2,11,13H,3-10,12H2,(H,26,27). The van der Waals surface area contributed by atoms with Gasteiger partial charge in [0.2, 0.25) is 0 Å². The van der Waals surface area contributed by atoms with Gasteiger partial charge in [-0.15, -0.1) is 0 Å². The van der Waals surface area contributed by atoms with Crippen LogP contribution in [0.25, 0.3) is 0 Å². The minimum absolute atomic E-state index is 0.302. The maximum absolute atomic E-state index is 12.5. The van der Waals surface area contributed by atoms with Crippen LogP contribution in [0.1, 0.15) is 12.8 Å². The Morgan fingerprint density at radius 3 is 2.33 bits per heavy atom. The summed E-state index contributed by atoms with van der Waals surface area (Å²) >= 11 is 0. The summed E-state index contributed by atoms with van der Waals surface area (Å²) in [6, 6.07) is 4.27. The highest BCUT2D eigenvalue weighted by Gasteiger charge is 2.31. The van der Waals surface area contributed by atoms with Crippen LogP contribution in [-0.4, -0.2) is 84.0 Å². The van der Waals surface area contributed by atoms with E-state index in [1.165, 1.54) is 17.0 Å². The molecular formula is C18H23F3N4O5. The highest BCUT2D eigenvalue weighted by molar-refractivity contribution is 5.65. The number of piperidine rings is 1. The molecule has 0 radical (unpaired) electrons. The summed E-state index contributed by atoms with van der Waals surface area (Å²) in [7, 11) is 0. The first-order valence-corrected chi connectivity index (χ1v) is 9.59. The number of piperazine rings is 1. The number of carbonyl (C=O) groups is 1. The first-order chi connectivity index (χ1) is 14.1. The molecule has 3 rings (SSSR count). The Hall–Kier alpha value is -2.76. The number of halogens is 3. The van der Waals surface area contributed by atoms with E-state index in [0.29, 0.717) is 51.0 Å². The third kappa shape index (κ3) is 5.43. The van der Waals surface area contributed by atoms with Crippen molar-refractivity contribution in [2.24, 2.45) is 0 Å². The van der Waals surface area contributed by atoms with Gasteiger partial charge in [0.25, 0.3) is 0 Å². The SMILES string of the molecule is O=C(O)N1CCN(C2CCN(c3ccc([N+](=O)[O-])c(OCC(F)(F)F)c3)CC2)CC1. The zero-order valence-corrected chi connectivity index (χ0v) is 16.2. The van der Waals surface area contributed by atoms with E-state index in [1.807, 2.05) is 4.90 Å². The lowest BCUT2D eigenvalue weighted by Crippen LogP contribution is -2.54. The van der Waals surface area contributed by atoms with Crippen molar-refractivity contribution in [1.82, 2.24) is 9.80 Å². The van der Waals surface area contributed by atoms with Crippen LogP contribution in [0.5, 0.6) is 5.75 Å². The molecule has 0 spiro atoms. The Balaban J connectivity index is 1.61. The minimum Gasteiger partial charge on any atom is -0.477 e. The molecule has 1 N–H and O–H groups in total. The number of nitrogens with zero attached hydrogens (tertiary/aromatic N) is 4. The predicted molar refractivity (Wildman–Crippen MR) is 101 cm³/mol. The molecule has 0 atom stereocenters. The van der Waals surface area contributed by atoms with Gasteiger partial charge in [-0.3, -0.25) is 15.0 Å². The average Bonchev–Trinajstić information content (AvgIpc) is 2.71. The van der Waals surface area contributed by atoms with Crippen molar-refractivity contribution in [3.8, 4) is 5.75 Å². The molecule has 2 saturated heterocycles. The second-order valence-corrected chi connectivity index (χ2v) is 7.34. The number of hydrogen-bond donors (Lipinski definition) is 1. The molecule has 9 nitrogen and oxygen atoms in total. The first-order valence-electron chi connectivity index (χ1n) is 9.59. The fourth-order valence-electron chi connectivity index (χ4n) is 3.89. The van der Waals surface area contributed by atoms with E-state index >= 15 is 0 Å². The number of anilines is 1. The number of ether oxygens (including phenoxy) is 1. The smallest absolute Gasteiger partial charge is 0.422 e. The van der Waals surface area contributed by atoms with Gasteiger partial charge < -0.3 is 19.6 Å². The summed E-state index contributed by atoms with van der Waals surface area (Å²) in [5, 5.41) is 20.1. The second-order valence-electron chi connectivity index (χ2n) is 7.34. The van der Waals surface area contributed by atoms with Crippen LogP contribution in [0, 0.1) is 10.1 Å². The van der Waals surface area contributed by atoms with Crippen LogP contribution < -0.4 is 9.64 Å². The van der Waals surface area contributed by atoms with Crippen molar-refractivity contribution in [2.75, 3.05) is 50.8 Å². The molecule has 1 aromatic rings. The summed E-state index contributed by atoms with van der Waals surface area (Å²) in [6.45, 7) is 1.96. The second kappa shape index (κ2) is 8.94. The zero-order valence-electron chi connectivity index (χ0n) is 16.2. The molecule has 0 aromatic heterocycles. The number of nitro benzene ring substituents is 1. The first kappa shape index (κ1) is 21.9. The number of nitro groups is 1. The summed E-state index contributed by atoms with van der Waals surface area (Å²) in [5.74, 6) is -0.401. The molecule has 0 aliphatic carbocycles. The van der Waals surface area contributed by atoms with Gasteiger partial charge in [0.05, 0.1) is 4.92 Å². The topological polar surface area (TPSA) is 99.4 Å². The summed E-state index contributed by atoms with van der Waals surface area (Å²) in [5.41, 5.74) is 0.0705. The number of benzene rings is 1. The molecule has 0 bridgehead atoms. The van der Waals surface area contributed by atoms with Crippen LogP contribution in [0.15, 0.2) is 18.2 Å². The van der Waals surface area contributed by atoms with Crippen molar-refractivity contribution in [3.05, 3.63) is 28.3 Å². The van der Waals surface area contributed by atoms with Crippen molar-refractivity contribution in [1.29, 1.82) is 0 Å². The number of amides is 1. The maximum atomic E-state index is 12.5. The van der Waals surface area contributed by atoms with Crippen molar-refractivity contribution < 1.29 is 32.7 Å². The molecule has 30 heavy (non-hydrogen) atoms. The monoisotopic (exact) mass is 432 g/mol. The number of hydrogen-bond acceptors (Lipinski definition) is 6. The van der Waals surface area contributed by atoms with Gasteiger partial charge in [0.1, 0.15) is 0 Å². The zero-order chi connectivity index (χ0) is 21.9. The van der Waals surface area contributed by atoms with E-state index in [9.17, 15) is 28.1 Å². The van der Waals surface area contributed by atoms with E-state index in [4.69, 9.17) is 5.11 Å². The van der Waals surface area contributed by atoms with Crippen LogP contribution in [0.2, 0.25) is 0 Å². The molecule has 2 heterocycles. The van der Waals surface area contributed by atoms with Crippen LogP contribution in [0.3, 0.4) is 0 Å². The normalized spacial score (nSPS) is 19.0. The maximum Gasteiger partial charge on any atom is 0.422 e. The van der Waals surface area contributed by atoms with Crippen molar-refractivity contribution in [3.63, 3.8) is 0 Å². The Labute approximate surface area is 170 Å². The molecule has 0 saturated carbocycles. The third-order valence-electron chi connectivity index (χ3n) is 5.46. The lowest BCUT2D eigenvalue weighted by molar-refractivity contribution is -0.386. The predicted octanol–water partition coefficient (Wildman–Crippen LogP) is 2.80. The van der Waals surface area contributed by atoms with Crippen molar-refractivity contribution >= 4 is 17.5 Å². The Morgan fingerprint density at radius 1 is 1.17 bits per heavy atom. The summed E-state index contributed by atoms with van der Waals surface area (Å²) in [4.78, 5) is 27.0. The summed E-state index contributed by atoms with van der Waals surface area (Å²) < 4.78 is 42.1. The fraction of sp³-hybridized carbons (Fsp3) is 0.611. The molecule has 1 amide bonds. The summed E-state index contributed by atoms with van der Waals surface area (Å²) in [6.07, 6.45) is -3.88. The van der Waals surface area contributed by atoms with Crippen LogP contribution >= 0.6 is 0 Å². The number of alkyl halides is 3. The molecule has 2 fully saturated rings. The van der Waals surface area contributed by atoms with Gasteiger partial charge in [-0.2, -0.15) is 13.2 Å². The molecule has 2 aliphatic rings. The largest absolute Gasteiger partial charge is 0.477 e. The van der Waals surface area contributed by atoms with Gasteiger partial charge >= 0.3 is 18.0 Å². The highest BCUT2D eigenvalue weighted by Crippen LogP contribution is 2.34. The minimum atomic E-state index is -4.59. The Kier molecular flexibility index (Phi) is 6.54. The van der Waals surface area contributed by atoms with E-state index < -0.39 is 35.2 Å². The van der Waals surface area contributed by atoms with Gasteiger partial charge in [0.15, 0.2) is 12.4 Å². The number of rotatable bonds is 5.